The Hall–Kier alpha value is -3.10. The number of thioether (sulfide) groups is 1. The summed E-state index contributed by atoms with van der Waals surface area (Å²) in [5, 5.41) is 12.2. The quantitative estimate of drug-likeness (QED) is 0.278. The van der Waals surface area contributed by atoms with Crippen LogP contribution in [0.1, 0.15) is 16.2 Å². The van der Waals surface area contributed by atoms with Crippen molar-refractivity contribution >= 4 is 40.7 Å². The van der Waals surface area contributed by atoms with Crippen molar-refractivity contribution in [2.24, 2.45) is 0 Å². The number of hydrogen-bond donors (Lipinski definition) is 1. The Morgan fingerprint density at radius 1 is 1.23 bits per heavy atom. The first-order chi connectivity index (χ1) is 15.0. The Kier molecular flexibility index (Phi) is 7.86. The summed E-state index contributed by atoms with van der Waals surface area (Å²) in [7, 11) is 1.57. The van der Waals surface area contributed by atoms with Gasteiger partial charge in [-0.05, 0) is 36.4 Å². The number of aromatic nitrogens is 3. The molecule has 1 amide bonds. The summed E-state index contributed by atoms with van der Waals surface area (Å²) in [5.41, 5.74) is 1.20. The maximum absolute atomic E-state index is 12.5. The highest BCUT2D eigenvalue weighted by Crippen LogP contribution is 2.21. The van der Waals surface area contributed by atoms with Crippen molar-refractivity contribution in [1.82, 2.24) is 14.8 Å². The Bertz CT molecular complexity index is 1080. The van der Waals surface area contributed by atoms with Crippen LogP contribution in [0, 0.1) is 0 Å². The van der Waals surface area contributed by atoms with Crippen molar-refractivity contribution in [3.63, 3.8) is 0 Å². The van der Waals surface area contributed by atoms with Crippen molar-refractivity contribution in [3.05, 3.63) is 77.6 Å². The number of anilines is 1. The number of carbonyl (C=O) groups is 2. The van der Waals surface area contributed by atoms with Crippen LogP contribution < -0.4 is 10.1 Å². The lowest BCUT2D eigenvalue weighted by molar-refractivity contribution is -0.115. The number of nitrogens with one attached hydrogen (secondary N) is 1. The second kappa shape index (κ2) is 10.8. The second-order valence-corrected chi connectivity index (χ2v) is 7.85. The van der Waals surface area contributed by atoms with Crippen LogP contribution in [0.25, 0.3) is 0 Å². The van der Waals surface area contributed by atoms with Crippen molar-refractivity contribution < 1.29 is 14.3 Å². The molecule has 1 aromatic heterocycles. The van der Waals surface area contributed by atoms with Gasteiger partial charge in [0.05, 0.1) is 19.3 Å². The number of hydrogen-bond acceptors (Lipinski definition) is 6. The van der Waals surface area contributed by atoms with Gasteiger partial charge in [0.25, 0.3) is 0 Å². The number of amides is 1. The van der Waals surface area contributed by atoms with Crippen molar-refractivity contribution in [2.75, 3.05) is 18.2 Å². The highest BCUT2D eigenvalue weighted by molar-refractivity contribution is 7.99. The molecule has 0 aliphatic heterocycles. The Balaban J connectivity index is 1.66. The van der Waals surface area contributed by atoms with Crippen molar-refractivity contribution in [3.8, 4) is 5.75 Å². The van der Waals surface area contributed by atoms with Gasteiger partial charge in [-0.2, -0.15) is 0 Å². The number of methoxy groups -OCH3 is 1. The molecular weight excluding hydrogens is 436 g/mol. The van der Waals surface area contributed by atoms with E-state index in [4.69, 9.17) is 16.3 Å². The molecule has 2 aromatic carbocycles. The Labute approximate surface area is 189 Å². The van der Waals surface area contributed by atoms with Gasteiger partial charge >= 0.3 is 0 Å². The summed E-state index contributed by atoms with van der Waals surface area (Å²) < 4.78 is 6.94. The molecular formula is C22H21ClN4O3S. The minimum absolute atomic E-state index is 0.0315. The smallest absolute Gasteiger partial charge is 0.232 e. The zero-order valence-corrected chi connectivity index (χ0v) is 18.4. The molecule has 9 heteroatoms. The van der Waals surface area contributed by atoms with Crippen LogP contribution in [-0.2, 0) is 17.8 Å². The number of carbonyl (C=O) groups excluding carboxylic acids is 2. The van der Waals surface area contributed by atoms with E-state index in [1.54, 1.807) is 66.3 Å². The highest BCUT2D eigenvalue weighted by atomic mass is 35.5. The predicted molar refractivity (Wildman–Crippen MR) is 122 cm³/mol. The number of benzene rings is 2. The minimum atomic E-state index is -0.236. The Morgan fingerprint density at radius 3 is 2.71 bits per heavy atom. The number of rotatable bonds is 10. The van der Waals surface area contributed by atoms with Gasteiger partial charge in [0.2, 0.25) is 5.91 Å². The molecule has 0 atom stereocenters. The number of allylic oxidation sites excluding steroid dienone is 1. The fraction of sp³-hybridized carbons (Fsp3) is 0.182. The van der Waals surface area contributed by atoms with Gasteiger partial charge in [-0.15, -0.1) is 16.8 Å². The summed E-state index contributed by atoms with van der Waals surface area (Å²) in [6, 6.07) is 13.8. The molecule has 31 heavy (non-hydrogen) atoms. The number of ketones is 1. The van der Waals surface area contributed by atoms with E-state index in [-0.39, 0.29) is 23.9 Å². The summed E-state index contributed by atoms with van der Waals surface area (Å²) >= 11 is 7.13. The maximum Gasteiger partial charge on any atom is 0.232 e. The molecule has 3 rings (SSSR count). The largest absolute Gasteiger partial charge is 0.497 e. The van der Waals surface area contributed by atoms with E-state index in [9.17, 15) is 9.59 Å². The van der Waals surface area contributed by atoms with E-state index in [0.29, 0.717) is 39.5 Å². The third-order valence-electron chi connectivity index (χ3n) is 4.28. The molecule has 160 valence electrons. The normalized spacial score (nSPS) is 10.5. The number of Topliss-reactive ketones (excluding diaryl/α,β-unsaturated/α-hetero) is 1. The average Bonchev–Trinajstić information content (AvgIpc) is 3.14. The predicted octanol–water partition coefficient (Wildman–Crippen LogP) is 4.28. The van der Waals surface area contributed by atoms with Gasteiger partial charge in [0, 0.05) is 28.9 Å². The lowest BCUT2D eigenvalue weighted by Gasteiger charge is -2.09. The summed E-state index contributed by atoms with van der Waals surface area (Å²) in [5.74, 6) is 1.04. The maximum atomic E-state index is 12.5. The van der Waals surface area contributed by atoms with Gasteiger partial charge in [0.15, 0.2) is 10.9 Å². The molecule has 0 aliphatic rings. The standard InChI is InChI=1S/C22H21ClN4O3S/c1-3-11-27-20(13-21(29)24-17-5-4-6-18(12-17)30-2)25-26-22(27)31-14-19(28)15-7-9-16(23)10-8-15/h3-10,12H,1,11,13-14H2,2H3,(H,24,29). The van der Waals surface area contributed by atoms with Crippen LogP contribution in [0.15, 0.2) is 66.3 Å². The zero-order chi connectivity index (χ0) is 22.2. The second-order valence-electron chi connectivity index (χ2n) is 6.47. The molecule has 0 aliphatic carbocycles. The van der Waals surface area contributed by atoms with Crippen molar-refractivity contribution in [2.45, 2.75) is 18.1 Å². The fourth-order valence-electron chi connectivity index (χ4n) is 2.77. The number of nitrogens with zero attached hydrogens (tertiary/aromatic N) is 3. The van der Waals surface area contributed by atoms with Gasteiger partial charge in [-0.25, -0.2) is 0 Å². The van der Waals surface area contributed by atoms with Gasteiger partial charge in [0.1, 0.15) is 11.6 Å². The lowest BCUT2D eigenvalue weighted by Crippen LogP contribution is -2.18. The van der Waals surface area contributed by atoms with Crippen LogP contribution in [-0.4, -0.2) is 39.3 Å². The van der Waals surface area contributed by atoms with Crippen LogP contribution >= 0.6 is 23.4 Å². The first-order valence-electron chi connectivity index (χ1n) is 9.38. The van der Waals surface area contributed by atoms with Gasteiger partial charge in [-0.3, -0.25) is 9.59 Å². The van der Waals surface area contributed by atoms with E-state index >= 15 is 0 Å². The number of halogens is 1. The van der Waals surface area contributed by atoms with Gasteiger partial charge in [-0.1, -0.05) is 35.5 Å². The van der Waals surface area contributed by atoms with Crippen molar-refractivity contribution in [1.29, 1.82) is 0 Å². The monoisotopic (exact) mass is 456 g/mol. The third-order valence-corrected chi connectivity index (χ3v) is 5.49. The van der Waals surface area contributed by atoms with Crippen LogP contribution in [0.5, 0.6) is 5.75 Å². The third kappa shape index (κ3) is 6.19. The van der Waals surface area contributed by atoms with E-state index < -0.39 is 0 Å². The van der Waals surface area contributed by atoms with E-state index in [1.807, 2.05) is 0 Å². The molecule has 0 spiro atoms. The molecule has 0 unspecified atom stereocenters. The first kappa shape index (κ1) is 22.6. The topological polar surface area (TPSA) is 86.1 Å². The minimum Gasteiger partial charge on any atom is -0.497 e. The fourth-order valence-corrected chi connectivity index (χ4v) is 3.75. The van der Waals surface area contributed by atoms with E-state index in [0.717, 1.165) is 0 Å². The summed E-state index contributed by atoms with van der Waals surface area (Å²) in [6.07, 6.45) is 1.72. The van der Waals surface area contributed by atoms with E-state index in [2.05, 4.69) is 22.1 Å². The van der Waals surface area contributed by atoms with Crippen LogP contribution in [0.2, 0.25) is 5.02 Å². The average molecular weight is 457 g/mol. The van der Waals surface area contributed by atoms with Gasteiger partial charge < -0.3 is 14.6 Å². The van der Waals surface area contributed by atoms with E-state index in [1.165, 1.54) is 11.8 Å². The molecule has 3 aromatic rings. The van der Waals surface area contributed by atoms with Crippen LogP contribution in [0.3, 0.4) is 0 Å². The summed E-state index contributed by atoms with van der Waals surface area (Å²) in [6.45, 7) is 4.18. The molecule has 0 saturated heterocycles. The number of ether oxygens (including phenoxy) is 1. The van der Waals surface area contributed by atoms with Crippen LogP contribution in [0.4, 0.5) is 5.69 Å². The first-order valence-corrected chi connectivity index (χ1v) is 10.7. The summed E-state index contributed by atoms with van der Waals surface area (Å²) in [4.78, 5) is 24.9. The highest BCUT2D eigenvalue weighted by Gasteiger charge is 2.17. The lowest BCUT2D eigenvalue weighted by atomic mass is 10.1. The SMILES string of the molecule is C=CCn1c(CC(=O)Nc2cccc(OC)c2)nnc1SCC(=O)c1ccc(Cl)cc1. The molecule has 1 heterocycles. The molecule has 0 radical (unpaired) electrons. The molecule has 0 saturated carbocycles. The molecule has 0 fully saturated rings. The Morgan fingerprint density at radius 2 is 2.00 bits per heavy atom. The zero-order valence-electron chi connectivity index (χ0n) is 16.9. The molecule has 1 N–H and O–H groups in total. The molecule has 0 bridgehead atoms. The molecule has 7 nitrogen and oxygen atoms in total.